The van der Waals surface area contributed by atoms with Gasteiger partial charge in [0.15, 0.2) is 0 Å². The number of thiophene rings is 1. The molecule has 0 bridgehead atoms. The van der Waals surface area contributed by atoms with Crippen LogP contribution in [0.4, 0.5) is 5.00 Å². The van der Waals surface area contributed by atoms with Crippen LogP contribution in [0.5, 0.6) is 0 Å². The summed E-state index contributed by atoms with van der Waals surface area (Å²) in [6.45, 7) is 8.23. The highest BCUT2D eigenvalue weighted by Gasteiger charge is 2.26. The first-order valence-electron chi connectivity index (χ1n) is 9.02. The van der Waals surface area contributed by atoms with Gasteiger partial charge in [-0.1, -0.05) is 6.92 Å². The summed E-state index contributed by atoms with van der Waals surface area (Å²) >= 11 is 1.44. The third-order valence-corrected chi connectivity index (χ3v) is 5.89. The van der Waals surface area contributed by atoms with Crippen molar-refractivity contribution in [3.05, 3.63) is 40.5 Å². The van der Waals surface area contributed by atoms with Crippen molar-refractivity contribution in [2.24, 2.45) is 0 Å². The van der Waals surface area contributed by atoms with Crippen LogP contribution in [0.2, 0.25) is 0 Å². The second-order valence-corrected chi connectivity index (χ2v) is 7.49. The van der Waals surface area contributed by atoms with Gasteiger partial charge in [0.05, 0.1) is 18.7 Å². The molecule has 3 heterocycles. The third kappa shape index (κ3) is 3.83. The van der Waals surface area contributed by atoms with E-state index in [4.69, 9.17) is 4.74 Å². The lowest BCUT2D eigenvalue weighted by atomic mass is 10.1. The van der Waals surface area contributed by atoms with E-state index in [2.05, 4.69) is 34.0 Å². The molecule has 7 heteroatoms. The van der Waals surface area contributed by atoms with Gasteiger partial charge in [0.1, 0.15) is 5.00 Å². The summed E-state index contributed by atoms with van der Waals surface area (Å²) in [5.41, 5.74) is 1.67. The molecule has 1 aliphatic heterocycles. The second kappa shape index (κ2) is 8.05. The van der Waals surface area contributed by atoms with E-state index < -0.39 is 0 Å². The van der Waals surface area contributed by atoms with E-state index in [-0.39, 0.29) is 17.9 Å². The number of carbonyl (C=O) groups excluding carboxylic acids is 2. The highest BCUT2D eigenvalue weighted by atomic mass is 32.1. The van der Waals surface area contributed by atoms with Gasteiger partial charge < -0.3 is 14.6 Å². The molecule has 26 heavy (non-hydrogen) atoms. The van der Waals surface area contributed by atoms with Crippen molar-refractivity contribution < 1.29 is 14.3 Å². The predicted molar refractivity (Wildman–Crippen MR) is 103 cm³/mol. The molecular formula is C19H25N3O3S. The number of rotatable bonds is 6. The molecule has 0 spiro atoms. The van der Waals surface area contributed by atoms with Crippen LogP contribution in [-0.2, 0) is 22.5 Å². The number of esters is 1. The average molecular weight is 375 g/mol. The van der Waals surface area contributed by atoms with Crippen LogP contribution in [0.1, 0.15) is 47.7 Å². The lowest BCUT2D eigenvalue weighted by Crippen LogP contribution is -2.41. The Kier molecular flexibility index (Phi) is 5.78. The minimum Gasteiger partial charge on any atom is -0.462 e. The largest absolute Gasteiger partial charge is 0.462 e. The van der Waals surface area contributed by atoms with Crippen LogP contribution in [0.3, 0.4) is 0 Å². The normalized spacial score (nSPS) is 17.0. The maximum Gasteiger partial charge on any atom is 0.341 e. The van der Waals surface area contributed by atoms with E-state index in [9.17, 15) is 9.59 Å². The second-order valence-electron chi connectivity index (χ2n) is 6.35. The van der Waals surface area contributed by atoms with Gasteiger partial charge in [0.25, 0.3) is 0 Å². The lowest BCUT2D eigenvalue weighted by Gasteiger charge is -2.34. The molecular weight excluding hydrogens is 350 g/mol. The molecule has 1 N–H and O–H groups in total. The summed E-state index contributed by atoms with van der Waals surface area (Å²) in [7, 11) is 0. The van der Waals surface area contributed by atoms with Crippen molar-refractivity contribution in [1.29, 1.82) is 0 Å². The van der Waals surface area contributed by atoms with Crippen LogP contribution in [-0.4, -0.2) is 41.0 Å². The van der Waals surface area contributed by atoms with E-state index in [1.807, 2.05) is 19.1 Å². The van der Waals surface area contributed by atoms with Crippen molar-refractivity contribution in [2.75, 3.05) is 25.0 Å². The van der Waals surface area contributed by atoms with Crippen molar-refractivity contribution in [1.82, 2.24) is 9.47 Å². The summed E-state index contributed by atoms with van der Waals surface area (Å²) < 4.78 is 7.34. The molecule has 3 rings (SSSR count). The zero-order valence-corrected chi connectivity index (χ0v) is 16.3. The number of hydrogen-bond donors (Lipinski definition) is 1. The quantitative estimate of drug-likeness (QED) is 0.787. The van der Waals surface area contributed by atoms with Crippen molar-refractivity contribution in [3.63, 3.8) is 0 Å². The molecule has 0 aliphatic carbocycles. The number of anilines is 1. The molecule has 0 unspecified atom stereocenters. The van der Waals surface area contributed by atoms with Gasteiger partial charge in [0.2, 0.25) is 5.91 Å². The summed E-state index contributed by atoms with van der Waals surface area (Å²) in [5, 5.41) is 3.50. The first kappa shape index (κ1) is 18.7. The Balaban J connectivity index is 1.69. The number of fused-ring (bicyclic) bond motifs is 1. The van der Waals surface area contributed by atoms with Crippen molar-refractivity contribution >= 4 is 28.2 Å². The lowest BCUT2D eigenvalue weighted by molar-refractivity contribution is -0.118. The van der Waals surface area contributed by atoms with Gasteiger partial charge in [-0.25, -0.2) is 4.79 Å². The summed E-state index contributed by atoms with van der Waals surface area (Å²) in [6.07, 6.45) is 2.89. The molecule has 0 aromatic carbocycles. The van der Waals surface area contributed by atoms with Crippen LogP contribution in [0, 0.1) is 0 Å². The molecule has 6 nitrogen and oxygen atoms in total. The Morgan fingerprint density at radius 2 is 2.15 bits per heavy atom. The van der Waals surface area contributed by atoms with Crippen molar-refractivity contribution in [3.8, 4) is 0 Å². The van der Waals surface area contributed by atoms with E-state index in [0.717, 1.165) is 24.4 Å². The Hall–Kier alpha value is -2.12. The predicted octanol–water partition coefficient (Wildman–Crippen LogP) is 3.30. The minimum atomic E-state index is -0.386. The monoisotopic (exact) mass is 375 g/mol. The highest BCUT2D eigenvalue weighted by molar-refractivity contribution is 7.16. The van der Waals surface area contributed by atoms with Gasteiger partial charge in [-0.15, -0.1) is 11.3 Å². The first-order chi connectivity index (χ1) is 12.5. The van der Waals surface area contributed by atoms with E-state index in [0.29, 0.717) is 23.7 Å². The standard InChI is InChI=1S/C19H25N3O3S/c1-4-14-11-15(19(24)25-5-2)18(26-14)20-17(23)12-22-10-9-21-8-6-7-16(21)13(22)3/h6-8,11,13H,4-5,9-10,12H2,1-3H3,(H,20,23)/t13-/m1/s1. The van der Waals surface area contributed by atoms with Crippen molar-refractivity contribution in [2.45, 2.75) is 39.8 Å². The number of hydrogen-bond acceptors (Lipinski definition) is 5. The Labute approximate surface area is 157 Å². The maximum absolute atomic E-state index is 12.6. The molecule has 1 amide bonds. The Morgan fingerprint density at radius 1 is 1.35 bits per heavy atom. The fraction of sp³-hybridized carbons (Fsp3) is 0.474. The molecule has 140 valence electrons. The molecule has 1 atom stereocenters. The molecule has 0 radical (unpaired) electrons. The van der Waals surface area contributed by atoms with Crippen LogP contribution >= 0.6 is 11.3 Å². The minimum absolute atomic E-state index is 0.105. The summed E-state index contributed by atoms with van der Waals surface area (Å²) in [4.78, 5) is 28.0. The van der Waals surface area contributed by atoms with Crippen LogP contribution in [0.25, 0.3) is 0 Å². The van der Waals surface area contributed by atoms with Gasteiger partial charge >= 0.3 is 5.97 Å². The van der Waals surface area contributed by atoms with Crippen LogP contribution in [0.15, 0.2) is 24.4 Å². The number of ether oxygens (including phenoxy) is 1. The number of amides is 1. The Morgan fingerprint density at radius 3 is 2.88 bits per heavy atom. The molecule has 0 fully saturated rings. The average Bonchev–Trinajstić information content (AvgIpc) is 3.24. The number of carbonyl (C=O) groups is 2. The number of nitrogens with one attached hydrogen (secondary N) is 1. The van der Waals surface area contributed by atoms with Gasteiger partial charge in [0, 0.05) is 35.9 Å². The van der Waals surface area contributed by atoms with E-state index in [1.54, 1.807) is 6.92 Å². The van der Waals surface area contributed by atoms with Gasteiger partial charge in [-0.05, 0) is 38.5 Å². The first-order valence-corrected chi connectivity index (χ1v) is 9.83. The summed E-state index contributed by atoms with van der Waals surface area (Å²) in [5.74, 6) is -0.491. The number of aromatic nitrogens is 1. The highest BCUT2D eigenvalue weighted by Crippen LogP contribution is 2.30. The number of aryl methyl sites for hydroxylation is 1. The van der Waals surface area contributed by atoms with Gasteiger partial charge in [-0.2, -0.15) is 0 Å². The summed E-state index contributed by atoms with van der Waals surface area (Å²) in [6, 6.07) is 6.14. The topological polar surface area (TPSA) is 63.6 Å². The number of nitrogens with zero attached hydrogens (tertiary/aromatic N) is 2. The molecule has 0 saturated heterocycles. The fourth-order valence-electron chi connectivity index (χ4n) is 3.26. The zero-order chi connectivity index (χ0) is 18.7. The van der Waals surface area contributed by atoms with E-state index >= 15 is 0 Å². The smallest absolute Gasteiger partial charge is 0.341 e. The van der Waals surface area contributed by atoms with Gasteiger partial charge in [-0.3, -0.25) is 9.69 Å². The maximum atomic E-state index is 12.6. The van der Waals surface area contributed by atoms with Crippen LogP contribution < -0.4 is 5.32 Å². The molecule has 2 aromatic rings. The SMILES string of the molecule is CCOC(=O)c1cc(CC)sc1NC(=O)CN1CCn2cccc2[C@H]1C. The molecule has 1 aliphatic rings. The molecule has 0 saturated carbocycles. The third-order valence-electron chi connectivity index (χ3n) is 4.70. The fourth-order valence-corrected chi connectivity index (χ4v) is 4.26. The zero-order valence-electron chi connectivity index (χ0n) is 15.4. The Bertz CT molecular complexity index is 796. The van der Waals surface area contributed by atoms with E-state index in [1.165, 1.54) is 17.0 Å². The molecule has 2 aromatic heterocycles.